The van der Waals surface area contributed by atoms with Crippen molar-refractivity contribution in [2.75, 3.05) is 6.61 Å². The topological polar surface area (TPSA) is 18.5 Å². The number of ether oxygens (including phenoxy) is 1. The fourth-order valence-corrected chi connectivity index (χ4v) is 2.71. The Morgan fingerprint density at radius 3 is 2.32 bits per heavy atom. The van der Waals surface area contributed by atoms with Gasteiger partial charge in [-0.25, -0.2) is 0 Å². The second-order valence-electron chi connectivity index (χ2n) is 5.75. The van der Waals surface area contributed by atoms with Gasteiger partial charge in [-0.2, -0.15) is 0 Å². The highest BCUT2D eigenvalue weighted by molar-refractivity contribution is 6.49. The highest BCUT2D eigenvalue weighted by Gasteiger charge is 2.25. The van der Waals surface area contributed by atoms with Gasteiger partial charge in [0.1, 0.15) is 5.75 Å². The Balaban J connectivity index is 3.48. The summed E-state index contributed by atoms with van der Waals surface area (Å²) >= 11 is 0. The molecule has 0 saturated carbocycles. The van der Waals surface area contributed by atoms with Gasteiger partial charge in [0, 0.05) is 5.56 Å². The fraction of sp³-hybridized carbons (Fsp3) is 0.500. The van der Waals surface area contributed by atoms with Gasteiger partial charge in [0.15, 0.2) is 5.75 Å². The van der Waals surface area contributed by atoms with Crippen LogP contribution in [0, 0.1) is 0 Å². The van der Waals surface area contributed by atoms with E-state index in [1.54, 1.807) is 0 Å². The lowest BCUT2D eigenvalue weighted by Gasteiger charge is -2.27. The SMILES string of the molecule is C=Cc1ccc(O[Si](C)C)c(OCC)c1C(C)(C)C. The molecule has 1 rings (SSSR count). The predicted molar refractivity (Wildman–Crippen MR) is 84.5 cm³/mol. The molecule has 0 fully saturated rings. The standard InChI is InChI=1S/C16H25O2Si/c1-8-12-10-11-13(18-19(6)7)15(17-9-2)14(12)16(3,4)5/h8,10-11H,1,9H2,2-7H3. The van der Waals surface area contributed by atoms with Crippen molar-refractivity contribution in [2.45, 2.75) is 46.2 Å². The van der Waals surface area contributed by atoms with Gasteiger partial charge in [-0.1, -0.05) is 39.5 Å². The first-order chi connectivity index (χ1) is 8.81. The molecule has 2 nitrogen and oxygen atoms in total. The third-order valence-corrected chi connectivity index (χ3v) is 3.35. The molecule has 1 radical (unpaired) electrons. The molecule has 0 aromatic heterocycles. The molecule has 1 aromatic rings. The van der Waals surface area contributed by atoms with Crippen molar-refractivity contribution in [3.63, 3.8) is 0 Å². The molecule has 105 valence electrons. The zero-order valence-electron chi connectivity index (χ0n) is 13.0. The summed E-state index contributed by atoms with van der Waals surface area (Å²) in [5, 5.41) is 0. The molecule has 0 aliphatic heterocycles. The molecule has 1 aromatic carbocycles. The maximum absolute atomic E-state index is 5.98. The van der Waals surface area contributed by atoms with Gasteiger partial charge in [-0.3, -0.25) is 0 Å². The molecular weight excluding hydrogens is 252 g/mol. The van der Waals surface area contributed by atoms with Crippen LogP contribution < -0.4 is 9.16 Å². The molecule has 0 amide bonds. The zero-order chi connectivity index (χ0) is 14.6. The molecule has 0 N–H and O–H groups in total. The molecule has 0 heterocycles. The Morgan fingerprint density at radius 2 is 1.89 bits per heavy atom. The Hall–Kier alpha value is -1.22. The van der Waals surface area contributed by atoms with Crippen LogP contribution in [-0.2, 0) is 5.41 Å². The summed E-state index contributed by atoms with van der Waals surface area (Å²) in [6.07, 6.45) is 1.89. The van der Waals surface area contributed by atoms with Crippen LogP contribution in [0.1, 0.15) is 38.8 Å². The average Bonchev–Trinajstić information content (AvgIpc) is 2.29. The summed E-state index contributed by atoms with van der Waals surface area (Å²) in [6, 6.07) is 4.06. The summed E-state index contributed by atoms with van der Waals surface area (Å²) in [6.45, 7) is 17.3. The molecule has 0 aliphatic carbocycles. The summed E-state index contributed by atoms with van der Waals surface area (Å²) in [7, 11) is -0.813. The van der Waals surface area contributed by atoms with E-state index in [2.05, 4.69) is 46.5 Å². The van der Waals surface area contributed by atoms with Gasteiger partial charge < -0.3 is 9.16 Å². The largest absolute Gasteiger partial charge is 0.540 e. The van der Waals surface area contributed by atoms with Crippen molar-refractivity contribution in [3.05, 3.63) is 29.8 Å². The lowest BCUT2D eigenvalue weighted by molar-refractivity contribution is 0.318. The summed E-state index contributed by atoms with van der Waals surface area (Å²) in [5.41, 5.74) is 2.27. The highest BCUT2D eigenvalue weighted by atomic mass is 28.3. The zero-order valence-corrected chi connectivity index (χ0v) is 14.0. The van der Waals surface area contributed by atoms with Gasteiger partial charge in [0.25, 0.3) is 9.04 Å². The van der Waals surface area contributed by atoms with Crippen LogP contribution in [0.4, 0.5) is 0 Å². The molecule has 0 unspecified atom stereocenters. The molecule has 3 heteroatoms. The van der Waals surface area contributed by atoms with E-state index in [0.29, 0.717) is 6.61 Å². The number of rotatable bonds is 5. The first-order valence-corrected chi connectivity index (χ1v) is 9.12. The summed E-state index contributed by atoms with van der Waals surface area (Å²) in [4.78, 5) is 0. The van der Waals surface area contributed by atoms with E-state index in [9.17, 15) is 0 Å². The first kappa shape index (κ1) is 15.8. The van der Waals surface area contributed by atoms with Crippen molar-refractivity contribution in [2.24, 2.45) is 0 Å². The minimum absolute atomic E-state index is 0.0121. The lowest BCUT2D eigenvalue weighted by atomic mass is 9.82. The van der Waals surface area contributed by atoms with Crippen molar-refractivity contribution in [1.82, 2.24) is 0 Å². The molecule has 0 bridgehead atoms. The highest BCUT2D eigenvalue weighted by Crippen LogP contribution is 2.41. The summed E-state index contributed by atoms with van der Waals surface area (Å²) < 4.78 is 11.9. The Bertz CT molecular complexity index is 445. The van der Waals surface area contributed by atoms with Gasteiger partial charge in [-0.05, 0) is 37.1 Å². The lowest BCUT2D eigenvalue weighted by Crippen LogP contribution is -2.18. The van der Waals surface area contributed by atoms with Crippen molar-refractivity contribution in [1.29, 1.82) is 0 Å². The van der Waals surface area contributed by atoms with Crippen LogP contribution >= 0.6 is 0 Å². The molecule has 0 spiro atoms. The normalized spacial score (nSPS) is 11.5. The van der Waals surface area contributed by atoms with Crippen molar-refractivity contribution < 1.29 is 9.16 Å². The quantitative estimate of drug-likeness (QED) is 0.729. The van der Waals surface area contributed by atoms with E-state index in [1.165, 1.54) is 5.56 Å². The number of benzene rings is 1. The van der Waals surface area contributed by atoms with Crippen LogP contribution in [0.25, 0.3) is 6.08 Å². The van der Waals surface area contributed by atoms with E-state index in [-0.39, 0.29) is 5.41 Å². The third-order valence-electron chi connectivity index (χ3n) is 2.73. The average molecular weight is 277 g/mol. The van der Waals surface area contributed by atoms with Gasteiger partial charge >= 0.3 is 0 Å². The van der Waals surface area contributed by atoms with Crippen LogP contribution in [0.3, 0.4) is 0 Å². The minimum atomic E-state index is -0.813. The van der Waals surface area contributed by atoms with E-state index >= 15 is 0 Å². The van der Waals surface area contributed by atoms with Gasteiger partial charge in [0.2, 0.25) is 0 Å². The monoisotopic (exact) mass is 277 g/mol. The van der Waals surface area contributed by atoms with Crippen LogP contribution in [-0.4, -0.2) is 15.6 Å². The van der Waals surface area contributed by atoms with E-state index in [0.717, 1.165) is 17.1 Å². The minimum Gasteiger partial charge on any atom is -0.540 e. The number of hydrogen-bond acceptors (Lipinski definition) is 2. The van der Waals surface area contributed by atoms with Crippen molar-refractivity contribution >= 4 is 15.1 Å². The maximum Gasteiger partial charge on any atom is 0.274 e. The Labute approximate surface area is 119 Å². The number of hydrogen-bond donors (Lipinski definition) is 0. The molecule has 19 heavy (non-hydrogen) atoms. The Morgan fingerprint density at radius 1 is 1.26 bits per heavy atom. The second kappa shape index (κ2) is 6.28. The smallest absolute Gasteiger partial charge is 0.274 e. The predicted octanol–water partition coefficient (Wildman–Crippen LogP) is 4.66. The second-order valence-corrected chi connectivity index (χ2v) is 7.78. The van der Waals surface area contributed by atoms with Crippen LogP contribution in [0.2, 0.25) is 13.1 Å². The van der Waals surface area contributed by atoms with E-state index in [4.69, 9.17) is 9.16 Å². The molecule has 0 saturated heterocycles. The van der Waals surface area contributed by atoms with E-state index in [1.807, 2.05) is 19.1 Å². The van der Waals surface area contributed by atoms with Gasteiger partial charge in [0.05, 0.1) is 6.61 Å². The molecule has 0 aliphatic rings. The third kappa shape index (κ3) is 3.87. The maximum atomic E-state index is 5.98. The molecular formula is C16H25O2Si. The fourth-order valence-electron chi connectivity index (χ4n) is 2.11. The van der Waals surface area contributed by atoms with Gasteiger partial charge in [-0.15, -0.1) is 0 Å². The first-order valence-electron chi connectivity index (χ1n) is 6.72. The molecule has 0 atom stereocenters. The summed E-state index contributed by atoms with van der Waals surface area (Å²) in [5.74, 6) is 1.73. The van der Waals surface area contributed by atoms with Crippen molar-refractivity contribution in [3.8, 4) is 11.5 Å². The van der Waals surface area contributed by atoms with E-state index < -0.39 is 9.04 Å². The van der Waals surface area contributed by atoms with Crippen LogP contribution in [0.5, 0.6) is 11.5 Å². The Kier molecular flexibility index (Phi) is 5.24. The van der Waals surface area contributed by atoms with Crippen LogP contribution in [0.15, 0.2) is 18.7 Å².